The molecule has 1 amide bonds. The summed E-state index contributed by atoms with van der Waals surface area (Å²) in [5.41, 5.74) is 4.44. The second kappa shape index (κ2) is 7.95. The van der Waals surface area contributed by atoms with Gasteiger partial charge in [0.1, 0.15) is 0 Å². The lowest BCUT2D eigenvalue weighted by Crippen LogP contribution is -2.31. The van der Waals surface area contributed by atoms with Gasteiger partial charge in [-0.15, -0.1) is 0 Å². The number of hydrogen-bond donors (Lipinski definition) is 1. The average Bonchev–Trinajstić information content (AvgIpc) is 2.65. The van der Waals surface area contributed by atoms with Gasteiger partial charge in [0.2, 0.25) is 0 Å². The highest BCUT2D eigenvalue weighted by Gasteiger charge is 2.17. The molecule has 0 atom stereocenters. The molecule has 1 aliphatic heterocycles. The summed E-state index contributed by atoms with van der Waals surface area (Å²) in [6.07, 6.45) is 7.86. The molecule has 0 spiro atoms. The minimum atomic E-state index is -0.0298. The van der Waals surface area contributed by atoms with E-state index in [9.17, 15) is 4.79 Å². The molecule has 0 radical (unpaired) electrons. The molecule has 0 saturated heterocycles. The van der Waals surface area contributed by atoms with Crippen LogP contribution in [-0.4, -0.2) is 24.0 Å². The number of unbranched alkanes of at least 4 members (excludes halogenated alkanes) is 2. The highest BCUT2D eigenvalue weighted by molar-refractivity contribution is 5.94. The van der Waals surface area contributed by atoms with Crippen LogP contribution >= 0.6 is 0 Å². The topological polar surface area (TPSA) is 45.2 Å². The van der Waals surface area contributed by atoms with Crippen molar-refractivity contribution in [1.29, 1.82) is 0 Å². The molecule has 1 aromatic carbocycles. The Balaban J connectivity index is 1.66. The highest BCUT2D eigenvalue weighted by Crippen LogP contribution is 2.24. The second-order valence-electron chi connectivity index (χ2n) is 6.34. The predicted octanol–water partition coefficient (Wildman–Crippen LogP) is 3.56. The van der Waals surface area contributed by atoms with Crippen molar-refractivity contribution in [2.24, 2.45) is 0 Å². The zero-order valence-corrected chi connectivity index (χ0v) is 14.3. The van der Waals surface area contributed by atoms with Gasteiger partial charge in [0, 0.05) is 25.8 Å². The van der Waals surface area contributed by atoms with E-state index in [-0.39, 0.29) is 5.91 Å². The van der Waals surface area contributed by atoms with Crippen LogP contribution in [0.5, 0.6) is 0 Å². The van der Waals surface area contributed by atoms with Gasteiger partial charge in [-0.3, -0.25) is 9.78 Å². The van der Waals surface area contributed by atoms with Gasteiger partial charge in [-0.1, -0.05) is 44.0 Å². The summed E-state index contributed by atoms with van der Waals surface area (Å²) in [6.45, 7) is 4.72. The molecule has 0 fully saturated rings. The number of carbonyl (C=O) groups is 1. The summed E-state index contributed by atoms with van der Waals surface area (Å²) >= 11 is 0. The molecule has 4 heteroatoms. The Labute approximate surface area is 143 Å². The first-order valence-corrected chi connectivity index (χ1v) is 8.83. The van der Waals surface area contributed by atoms with E-state index in [0.717, 1.165) is 51.0 Å². The Kier molecular flexibility index (Phi) is 5.47. The fourth-order valence-electron chi connectivity index (χ4n) is 3.12. The zero-order chi connectivity index (χ0) is 16.8. The molecular weight excluding hydrogens is 298 g/mol. The average molecular weight is 323 g/mol. The maximum absolute atomic E-state index is 12.3. The molecule has 1 aromatic heterocycles. The quantitative estimate of drug-likeness (QED) is 0.827. The van der Waals surface area contributed by atoms with Gasteiger partial charge >= 0.3 is 0 Å². The molecule has 126 valence electrons. The first-order chi connectivity index (χ1) is 11.8. The van der Waals surface area contributed by atoms with Gasteiger partial charge in [0.15, 0.2) is 0 Å². The van der Waals surface area contributed by atoms with Crippen LogP contribution in [0.15, 0.2) is 42.7 Å². The normalized spacial score (nSPS) is 13.5. The molecule has 2 aromatic rings. The lowest BCUT2D eigenvalue weighted by molar-refractivity contribution is 0.0952. The fourth-order valence-corrected chi connectivity index (χ4v) is 3.12. The van der Waals surface area contributed by atoms with Crippen LogP contribution < -0.4 is 10.2 Å². The van der Waals surface area contributed by atoms with Crippen molar-refractivity contribution in [3.63, 3.8) is 0 Å². The van der Waals surface area contributed by atoms with Crippen LogP contribution in [0.1, 0.15) is 47.7 Å². The number of hydrogen-bond acceptors (Lipinski definition) is 3. The van der Waals surface area contributed by atoms with E-state index in [1.165, 1.54) is 11.1 Å². The standard InChI is InChI=1S/C20H25N3O/c1-2-3-6-10-22-20(24)18-12-19(14-21-13-18)23-11-9-16-7-4-5-8-17(16)15-23/h4-5,7-8,12-14H,2-3,6,9-11,15H2,1H3,(H,22,24). The Morgan fingerprint density at radius 1 is 1.21 bits per heavy atom. The summed E-state index contributed by atoms with van der Waals surface area (Å²) in [5, 5.41) is 2.98. The largest absolute Gasteiger partial charge is 0.366 e. The van der Waals surface area contributed by atoms with Crippen molar-refractivity contribution in [3.05, 3.63) is 59.4 Å². The Morgan fingerprint density at radius 3 is 2.88 bits per heavy atom. The number of nitrogens with zero attached hydrogens (tertiary/aromatic N) is 2. The number of fused-ring (bicyclic) bond motifs is 1. The zero-order valence-electron chi connectivity index (χ0n) is 14.3. The second-order valence-corrected chi connectivity index (χ2v) is 6.34. The first-order valence-electron chi connectivity index (χ1n) is 8.83. The van der Waals surface area contributed by atoms with Crippen molar-refractivity contribution in [2.45, 2.75) is 39.2 Å². The lowest BCUT2D eigenvalue weighted by atomic mass is 9.99. The van der Waals surface area contributed by atoms with Crippen molar-refractivity contribution in [1.82, 2.24) is 10.3 Å². The van der Waals surface area contributed by atoms with Crippen LogP contribution in [0.2, 0.25) is 0 Å². The van der Waals surface area contributed by atoms with Crippen LogP contribution in [0.25, 0.3) is 0 Å². The summed E-state index contributed by atoms with van der Waals surface area (Å²) in [7, 11) is 0. The van der Waals surface area contributed by atoms with Crippen molar-refractivity contribution >= 4 is 11.6 Å². The number of aromatic nitrogens is 1. The smallest absolute Gasteiger partial charge is 0.252 e. The molecular formula is C20H25N3O. The van der Waals surface area contributed by atoms with E-state index in [1.54, 1.807) is 6.20 Å². The SMILES string of the molecule is CCCCCNC(=O)c1cncc(N2CCc3ccccc3C2)c1. The van der Waals surface area contributed by atoms with E-state index in [2.05, 4.69) is 46.4 Å². The number of rotatable bonds is 6. The first kappa shape index (κ1) is 16.5. The highest BCUT2D eigenvalue weighted by atomic mass is 16.1. The maximum Gasteiger partial charge on any atom is 0.252 e. The fraction of sp³-hybridized carbons (Fsp3) is 0.400. The van der Waals surface area contributed by atoms with Gasteiger partial charge in [-0.2, -0.15) is 0 Å². The van der Waals surface area contributed by atoms with Gasteiger partial charge in [-0.25, -0.2) is 0 Å². The Bertz CT molecular complexity index is 699. The molecule has 0 bridgehead atoms. The number of pyridine rings is 1. The molecule has 24 heavy (non-hydrogen) atoms. The van der Waals surface area contributed by atoms with Crippen molar-refractivity contribution in [2.75, 3.05) is 18.0 Å². The molecule has 0 saturated carbocycles. The van der Waals surface area contributed by atoms with E-state index < -0.39 is 0 Å². The third-order valence-electron chi connectivity index (χ3n) is 4.55. The predicted molar refractivity (Wildman–Crippen MR) is 97.3 cm³/mol. The van der Waals surface area contributed by atoms with Crippen molar-refractivity contribution in [3.8, 4) is 0 Å². The van der Waals surface area contributed by atoms with E-state index >= 15 is 0 Å². The molecule has 0 aliphatic carbocycles. The third kappa shape index (κ3) is 3.94. The summed E-state index contributed by atoms with van der Waals surface area (Å²) in [4.78, 5) is 18.8. The Hall–Kier alpha value is -2.36. The number of carbonyl (C=O) groups excluding carboxylic acids is 1. The Morgan fingerprint density at radius 2 is 2.04 bits per heavy atom. The minimum Gasteiger partial charge on any atom is -0.366 e. The molecule has 1 aliphatic rings. The lowest BCUT2D eigenvalue weighted by Gasteiger charge is -2.30. The molecule has 0 unspecified atom stereocenters. The number of amides is 1. The molecule has 1 N–H and O–H groups in total. The summed E-state index contributed by atoms with van der Waals surface area (Å²) < 4.78 is 0. The van der Waals surface area contributed by atoms with Crippen LogP contribution in [0, 0.1) is 0 Å². The summed E-state index contributed by atoms with van der Waals surface area (Å²) in [5.74, 6) is -0.0298. The molecule has 4 nitrogen and oxygen atoms in total. The van der Waals surface area contributed by atoms with Crippen LogP contribution in [0.3, 0.4) is 0 Å². The van der Waals surface area contributed by atoms with E-state index in [4.69, 9.17) is 0 Å². The van der Waals surface area contributed by atoms with Gasteiger partial charge in [0.05, 0.1) is 17.4 Å². The maximum atomic E-state index is 12.3. The van der Waals surface area contributed by atoms with E-state index in [1.807, 2.05) is 12.3 Å². The molecule has 2 heterocycles. The summed E-state index contributed by atoms with van der Waals surface area (Å²) in [6, 6.07) is 10.5. The number of anilines is 1. The monoisotopic (exact) mass is 323 g/mol. The van der Waals surface area contributed by atoms with Crippen LogP contribution in [0.4, 0.5) is 5.69 Å². The van der Waals surface area contributed by atoms with Crippen LogP contribution in [-0.2, 0) is 13.0 Å². The number of nitrogens with one attached hydrogen (secondary N) is 1. The van der Waals surface area contributed by atoms with Gasteiger partial charge < -0.3 is 10.2 Å². The van der Waals surface area contributed by atoms with Gasteiger partial charge in [-0.05, 0) is 30.0 Å². The third-order valence-corrected chi connectivity index (χ3v) is 4.55. The van der Waals surface area contributed by atoms with Gasteiger partial charge in [0.25, 0.3) is 5.91 Å². The molecule has 3 rings (SSSR count). The van der Waals surface area contributed by atoms with Crippen molar-refractivity contribution < 1.29 is 4.79 Å². The van der Waals surface area contributed by atoms with E-state index in [0.29, 0.717) is 5.56 Å². The number of benzene rings is 1. The minimum absolute atomic E-state index is 0.0298.